The Morgan fingerprint density at radius 2 is 1.92 bits per heavy atom. The number of anilines is 2. The van der Waals surface area contributed by atoms with Crippen LogP contribution in [0, 0.1) is 20.8 Å². The summed E-state index contributed by atoms with van der Waals surface area (Å²) < 4.78 is 0. The second-order valence-electron chi connectivity index (χ2n) is 6.72. The maximum Gasteiger partial charge on any atom is 0.386 e. The van der Waals surface area contributed by atoms with Crippen LogP contribution in [0.4, 0.5) is 17.5 Å². The molecular weight excluding hydrogens is 312 g/mol. The average molecular weight is 339 g/mol. The highest BCUT2D eigenvalue weighted by Gasteiger charge is 2.18. The molecule has 0 aliphatic carbocycles. The van der Waals surface area contributed by atoms with Crippen LogP contribution in [0.1, 0.15) is 36.1 Å². The number of aromatic amines is 1. The van der Waals surface area contributed by atoms with Gasteiger partial charge in [0.25, 0.3) is 5.96 Å². The molecule has 1 aromatic heterocycles. The van der Waals surface area contributed by atoms with Crippen molar-refractivity contribution in [2.45, 2.75) is 40.0 Å². The molecule has 1 fully saturated rings. The van der Waals surface area contributed by atoms with Gasteiger partial charge in [0.05, 0.1) is 13.1 Å². The number of hydrogen-bond acceptors (Lipinski definition) is 3. The molecule has 6 nitrogen and oxygen atoms in total. The van der Waals surface area contributed by atoms with Crippen molar-refractivity contribution in [2.24, 2.45) is 10.7 Å². The SMILES string of the molecule is Cc1ccc(NC(N)=Nc2nc(C)cc(N3CCCCC3)[nH+]2)c(C)c1. The van der Waals surface area contributed by atoms with E-state index in [4.69, 9.17) is 5.73 Å². The molecule has 0 unspecified atom stereocenters. The fourth-order valence-electron chi connectivity index (χ4n) is 3.17. The first-order valence-corrected chi connectivity index (χ1v) is 8.85. The summed E-state index contributed by atoms with van der Waals surface area (Å²) in [4.78, 5) is 14.5. The van der Waals surface area contributed by atoms with Crippen molar-refractivity contribution in [2.75, 3.05) is 23.3 Å². The Morgan fingerprint density at radius 1 is 1.16 bits per heavy atom. The molecule has 2 heterocycles. The van der Waals surface area contributed by atoms with E-state index in [1.807, 2.05) is 26.0 Å². The van der Waals surface area contributed by atoms with Crippen LogP contribution in [0.5, 0.6) is 0 Å². The van der Waals surface area contributed by atoms with E-state index in [-0.39, 0.29) is 0 Å². The molecule has 3 rings (SSSR count). The number of rotatable bonds is 3. The fraction of sp³-hybridized carbons (Fsp3) is 0.421. The third kappa shape index (κ3) is 4.47. The molecule has 0 amide bonds. The summed E-state index contributed by atoms with van der Waals surface area (Å²) in [6.07, 6.45) is 3.76. The lowest BCUT2D eigenvalue weighted by Gasteiger charge is -2.24. The van der Waals surface area contributed by atoms with E-state index in [0.29, 0.717) is 11.9 Å². The van der Waals surface area contributed by atoms with Crippen molar-refractivity contribution >= 4 is 23.4 Å². The van der Waals surface area contributed by atoms with E-state index < -0.39 is 0 Å². The molecule has 6 heteroatoms. The van der Waals surface area contributed by atoms with Gasteiger partial charge in [0.1, 0.15) is 5.69 Å². The zero-order chi connectivity index (χ0) is 17.8. The van der Waals surface area contributed by atoms with Crippen LogP contribution in [0.25, 0.3) is 0 Å². The van der Waals surface area contributed by atoms with E-state index in [1.165, 1.54) is 24.8 Å². The van der Waals surface area contributed by atoms with E-state index in [9.17, 15) is 0 Å². The van der Waals surface area contributed by atoms with Gasteiger partial charge in [0.15, 0.2) is 5.82 Å². The molecule has 0 bridgehead atoms. The van der Waals surface area contributed by atoms with Gasteiger partial charge in [-0.2, -0.15) is 0 Å². The van der Waals surface area contributed by atoms with Crippen LogP contribution in [0.15, 0.2) is 29.3 Å². The summed E-state index contributed by atoms with van der Waals surface area (Å²) in [6, 6.07) is 8.24. The van der Waals surface area contributed by atoms with Crippen molar-refractivity contribution in [1.82, 2.24) is 4.98 Å². The van der Waals surface area contributed by atoms with Gasteiger partial charge < -0.3 is 16.0 Å². The van der Waals surface area contributed by atoms with Gasteiger partial charge in [0.2, 0.25) is 0 Å². The van der Waals surface area contributed by atoms with E-state index in [2.05, 4.69) is 44.2 Å². The zero-order valence-corrected chi connectivity index (χ0v) is 15.3. The third-order valence-corrected chi connectivity index (χ3v) is 4.44. The summed E-state index contributed by atoms with van der Waals surface area (Å²) in [5, 5.41) is 3.16. The Kier molecular flexibility index (Phi) is 5.16. The largest absolute Gasteiger partial charge is 0.386 e. The summed E-state index contributed by atoms with van der Waals surface area (Å²) in [5.41, 5.74) is 10.3. The van der Waals surface area contributed by atoms with Gasteiger partial charge in [0, 0.05) is 11.8 Å². The number of guanidine groups is 1. The lowest BCUT2D eigenvalue weighted by molar-refractivity contribution is -0.353. The molecule has 0 radical (unpaired) electrons. The second-order valence-corrected chi connectivity index (χ2v) is 6.72. The normalized spacial score (nSPS) is 15.3. The molecule has 0 atom stereocenters. The molecule has 1 aromatic carbocycles. The number of nitrogens with one attached hydrogen (secondary N) is 2. The topological polar surface area (TPSA) is 80.7 Å². The summed E-state index contributed by atoms with van der Waals surface area (Å²) in [6.45, 7) is 8.24. The van der Waals surface area contributed by atoms with Gasteiger partial charge in [-0.05, 0) is 51.7 Å². The van der Waals surface area contributed by atoms with Gasteiger partial charge in [-0.3, -0.25) is 0 Å². The number of piperidine rings is 1. The average Bonchev–Trinajstić information content (AvgIpc) is 2.58. The molecule has 1 aliphatic rings. The smallest absolute Gasteiger partial charge is 0.359 e. The van der Waals surface area contributed by atoms with Crippen molar-refractivity contribution in [1.29, 1.82) is 0 Å². The van der Waals surface area contributed by atoms with Crippen molar-refractivity contribution in [3.63, 3.8) is 0 Å². The van der Waals surface area contributed by atoms with Crippen molar-refractivity contribution < 1.29 is 4.98 Å². The fourth-order valence-corrected chi connectivity index (χ4v) is 3.17. The Hall–Kier alpha value is -2.63. The van der Waals surface area contributed by atoms with E-state index in [0.717, 1.165) is 35.9 Å². The molecule has 132 valence electrons. The van der Waals surface area contributed by atoms with E-state index in [1.54, 1.807) is 0 Å². The molecule has 0 spiro atoms. The van der Waals surface area contributed by atoms with Crippen LogP contribution >= 0.6 is 0 Å². The minimum Gasteiger partial charge on any atom is -0.359 e. The maximum absolute atomic E-state index is 6.09. The van der Waals surface area contributed by atoms with Gasteiger partial charge in [-0.1, -0.05) is 22.7 Å². The number of aromatic nitrogens is 2. The Balaban J connectivity index is 1.80. The first-order chi connectivity index (χ1) is 12.0. The number of benzene rings is 1. The monoisotopic (exact) mass is 339 g/mol. The third-order valence-electron chi connectivity index (χ3n) is 4.44. The van der Waals surface area contributed by atoms with E-state index >= 15 is 0 Å². The van der Waals surface area contributed by atoms with Crippen LogP contribution in [0.3, 0.4) is 0 Å². The minimum atomic E-state index is 0.325. The Labute approximate surface area is 149 Å². The van der Waals surface area contributed by atoms with Crippen LogP contribution in [-0.2, 0) is 0 Å². The van der Waals surface area contributed by atoms with Crippen molar-refractivity contribution in [3.8, 4) is 0 Å². The van der Waals surface area contributed by atoms with Crippen LogP contribution in [0.2, 0.25) is 0 Å². The molecular formula is C19H27N6+. The predicted octanol–water partition coefficient (Wildman–Crippen LogP) is 2.87. The first kappa shape index (κ1) is 17.2. The highest BCUT2D eigenvalue weighted by Crippen LogP contribution is 2.18. The zero-order valence-electron chi connectivity index (χ0n) is 15.3. The first-order valence-electron chi connectivity index (χ1n) is 8.85. The molecule has 1 aliphatic heterocycles. The Bertz CT molecular complexity index is 777. The molecule has 4 N–H and O–H groups in total. The molecule has 1 saturated heterocycles. The number of aliphatic imine (C=N–C) groups is 1. The summed E-state index contributed by atoms with van der Waals surface area (Å²) >= 11 is 0. The lowest BCUT2D eigenvalue weighted by Crippen LogP contribution is -2.34. The second kappa shape index (κ2) is 7.51. The van der Waals surface area contributed by atoms with Crippen LogP contribution in [-0.4, -0.2) is 24.0 Å². The molecule has 25 heavy (non-hydrogen) atoms. The number of aryl methyl sites for hydroxylation is 3. The molecule has 2 aromatic rings. The summed E-state index contributed by atoms with van der Waals surface area (Å²) in [7, 11) is 0. The van der Waals surface area contributed by atoms with Crippen LogP contribution < -0.4 is 20.9 Å². The quantitative estimate of drug-likeness (QED) is 0.665. The van der Waals surface area contributed by atoms with Gasteiger partial charge >= 0.3 is 5.95 Å². The highest BCUT2D eigenvalue weighted by atomic mass is 15.2. The Morgan fingerprint density at radius 3 is 2.64 bits per heavy atom. The highest BCUT2D eigenvalue weighted by molar-refractivity contribution is 5.94. The van der Waals surface area contributed by atoms with Gasteiger partial charge in [-0.25, -0.2) is 4.98 Å². The number of nitrogens with zero attached hydrogens (tertiary/aromatic N) is 3. The minimum absolute atomic E-state index is 0.325. The predicted molar refractivity (Wildman–Crippen MR) is 102 cm³/mol. The molecule has 0 saturated carbocycles. The maximum atomic E-state index is 6.09. The van der Waals surface area contributed by atoms with Gasteiger partial charge in [-0.15, -0.1) is 4.98 Å². The standard InChI is InChI=1S/C19H26N6/c1-13-7-8-16(14(2)11-13)22-18(20)24-19-21-15(3)12-17(23-19)25-9-5-4-6-10-25/h7-8,11-12H,4-6,9-10H2,1-3H3,(H3,20,21,22,23,24)/p+1. The number of nitrogens with two attached hydrogens (primary N) is 1. The van der Waals surface area contributed by atoms with Crippen molar-refractivity contribution in [3.05, 3.63) is 41.1 Å². The summed E-state index contributed by atoms with van der Waals surface area (Å²) in [5.74, 6) is 1.91. The lowest BCUT2D eigenvalue weighted by atomic mass is 10.1. The number of hydrogen-bond donors (Lipinski definition) is 2. The number of H-pyrrole nitrogens is 1.